The first-order valence-electron chi connectivity index (χ1n) is 5.98. The van der Waals surface area contributed by atoms with E-state index in [2.05, 4.69) is 0 Å². The number of hydrogen-bond acceptors (Lipinski definition) is 3. The molecule has 0 heterocycles. The molecule has 0 bridgehead atoms. The van der Waals surface area contributed by atoms with Crippen LogP contribution in [0.4, 0.5) is 10.1 Å². The van der Waals surface area contributed by atoms with E-state index in [1.807, 2.05) is 6.07 Å². The Hall–Kier alpha value is -1.85. The predicted molar refractivity (Wildman–Crippen MR) is 78.7 cm³/mol. The zero-order valence-electron chi connectivity index (χ0n) is 10.7. The molecule has 0 aliphatic carbocycles. The van der Waals surface area contributed by atoms with Gasteiger partial charge >= 0.3 is 5.69 Å². The van der Waals surface area contributed by atoms with Crippen LogP contribution in [-0.2, 0) is 6.42 Å². The summed E-state index contributed by atoms with van der Waals surface area (Å²) < 4.78 is 18.8. The van der Waals surface area contributed by atoms with Crippen molar-refractivity contribution in [2.24, 2.45) is 0 Å². The Morgan fingerprint density at radius 3 is 2.67 bits per heavy atom. The summed E-state index contributed by atoms with van der Waals surface area (Å²) in [6.45, 7) is 0.247. The van der Waals surface area contributed by atoms with Gasteiger partial charge in [0.2, 0.25) is 5.82 Å². The highest BCUT2D eigenvalue weighted by Gasteiger charge is 2.14. The van der Waals surface area contributed by atoms with Crippen molar-refractivity contribution in [3.63, 3.8) is 0 Å². The standard InChI is InChI=1S/C14H10Cl2FNO3/c15-11-3-1-2-9(14(11)16)6-7-21-10-4-5-13(18(19)20)12(17)8-10/h1-5,8H,6-7H2. The maximum absolute atomic E-state index is 13.4. The van der Waals surface area contributed by atoms with Crippen LogP contribution in [0, 0.1) is 15.9 Å². The first-order valence-corrected chi connectivity index (χ1v) is 6.74. The van der Waals surface area contributed by atoms with E-state index in [1.54, 1.807) is 12.1 Å². The van der Waals surface area contributed by atoms with Crippen LogP contribution in [0.15, 0.2) is 36.4 Å². The summed E-state index contributed by atoms with van der Waals surface area (Å²) in [5.41, 5.74) is 0.229. The third-order valence-corrected chi connectivity index (χ3v) is 3.65. The van der Waals surface area contributed by atoms with Crippen LogP contribution in [0.25, 0.3) is 0 Å². The van der Waals surface area contributed by atoms with Crippen LogP contribution in [0.5, 0.6) is 5.75 Å². The summed E-state index contributed by atoms with van der Waals surface area (Å²) >= 11 is 11.9. The molecule has 4 nitrogen and oxygen atoms in total. The van der Waals surface area contributed by atoms with Crippen LogP contribution >= 0.6 is 23.2 Å². The number of hydrogen-bond donors (Lipinski definition) is 0. The topological polar surface area (TPSA) is 52.4 Å². The molecule has 2 rings (SSSR count). The fraction of sp³-hybridized carbons (Fsp3) is 0.143. The first kappa shape index (κ1) is 15.5. The lowest BCUT2D eigenvalue weighted by Crippen LogP contribution is -2.03. The second kappa shape index (κ2) is 6.74. The average Bonchev–Trinajstić information content (AvgIpc) is 2.43. The van der Waals surface area contributed by atoms with E-state index in [1.165, 1.54) is 6.07 Å². The minimum atomic E-state index is -0.932. The fourth-order valence-electron chi connectivity index (χ4n) is 1.75. The van der Waals surface area contributed by atoms with E-state index < -0.39 is 16.4 Å². The summed E-state index contributed by atoms with van der Waals surface area (Å²) in [5, 5.41) is 11.4. The molecule has 0 unspecified atom stereocenters. The van der Waals surface area contributed by atoms with Crippen LogP contribution in [0.3, 0.4) is 0 Å². The normalized spacial score (nSPS) is 10.4. The maximum atomic E-state index is 13.4. The van der Waals surface area contributed by atoms with Crippen molar-refractivity contribution in [2.75, 3.05) is 6.61 Å². The van der Waals surface area contributed by atoms with Gasteiger partial charge in [-0.2, -0.15) is 4.39 Å². The van der Waals surface area contributed by atoms with Gasteiger partial charge < -0.3 is 4.74 Å². The molecule has 0 saturated carbocycles. The van der Waals surface area contributed by atoms with Gasteiger partial charge in [0.15, 0.2) is 0 Å². The third kappa shape index (κ3) is 3.83. The highest BCUT2D eigenvalue weighted by atomic mass is 35.5. The number of halogens is 3. The lowest BCUT2D eigenvalue weighted by molar-refractivity contribution is -0.387. The van der Waals surface area contributed by atoms with Crippen molar-refractivity contribution in [1.29, 1.82) is 0 Å². The number of nitro groups is 1. The summed E-state index contributed by atoms with van der Waals surface area (Å²) in [4.78, 5) is 9.71. The maximum Gasteiger partial charge on any atom is 0.305 e. The number of ether oxygens (including phenoxy) is 1. The number of nitro benzene ring substituents is 1. The van der Waals surface area contributed by atoms with E-state index >= 15 is 0 Å². The van der Waals surface area contributed by atoms with E-state index in [0.29, 0.717) is 16.5 Å². The minimum Gasteiger partial charge on any atom is -0.493 e. The Labute approximate surface area is 130 Å². The number of nitrogens with zero attached hydrogens (tertiary/aromatic N) is 1. The monoisotopic (exact) mass is 329 g/mol. The number of benzene rings is 2. The smallest absolute Gasteiger partial charge is 0.305 e. The molecule has 0 aromatic heterocycles. The Kier molecular flexibility index (Phi) is 4.98. The largest absolute Gasteiger partial charge is 0.493 e. The van der Waals surface area contributed by atoms with Gasteiger partial charge in [0.05, 0.1) is 21.6 Å². The van der Waals surface area contributed by atoms with Crippen molar-refractivity contribution in [2.45, 2.75) is 6.42 Å². The van der Waals surface area contributed by atoms with Gasteiger partial charge in [-0.3, -0.25) is 10.1 Å². The van der Waals surface area contributed by atoms with Gasteiger partial charge in [0.1, 0.15) is 5.75 Å². The molecule has 2 aromatic carbocycles. The van der Waals surface area contributed by atoms with E-state index in [0.717, 1.165) is 17.7 Å². The van der Waals surface area contributed by atoms with Gasteiger partial charge in [0, 0.05) is 18.6 Å². The van der Waals surface area contributed by atoms with Gasteiger partial charge in [0.25, 0.3) is 0 Å². The second-order valence-corrected chi connectivity index (χ2v) is 4.97. The summed E-state index contributed by atoms with van der Waals surface area (Å²) in [6.07, 6.45) is 0.484. The zero-order chi connectivity index (χ0) is 15.4. The summed E-state index contributed by atoms with van der Waals surface area (Å²) in [6, 6.07) is 8.67. The quantitative estimate of drug-likeness (QED) is 0.592. The molecule has 0 aliphatic heterocycles. The first-order chi connectivity index (χ1) is 9.99. The Bertz CT molecular complexity index is 679. The second-order valence-electron chi connectivity index (χ2n) is 4.18. The van der Waals surface area contributed by atoms with Crippen molar-refractivity contribution in [3.8, 4) is 5.75 Å². The SMILES string of the molecule is O=[N+]([O-])c1ccc(OCCc2cccc(Cl)c2Cl)cc1F. The molecular formula is C14H10Cl2FNO3. The number of rotatable bonds is 5. The zero-order valence-corrected chi connectivity index (χ0v) is 12.2. The third-order valence-electron chi connectivity index (χ3n) is 2.79. The van der Waals surface area contributed by atoms with Crippen molar-refractivity contribution < 1.29 is 14.1 Å². The highest BCUT2D eigenvalue weighted by molar-refractivity contribution is 6.42. The Balaban J connectivity index is 1.99. The van der Waals surface area contributed by atoms with E-state index in [4.69, 9.17) is 27.9 Å². The molecular weight excluding hydrogens is 320 g/mol. The summed E-state index contributed by atoms with van der Waals surface area (Å²) in [5.74, 6) is -0.713. The lowest BCUT2D eigenvalue weighted by Gasteiger charge is -2.08. The van der Waals surface area contributed by atoms with Crippen LogP contribution in [0.1, 0.15) is 5.56 Å². The van der Waals surface area contributed by atoms with Crippen molar-refractivity contribution in [1.82, 2.24) is 0 Å². The fourth-order valence-corrected chi connectivity index (χ4v) is 2.16. The van der Waals surface area contributed by atoms with Crippen molar-refractivity contribution >= 4 is 28.9 Å². The van der Waals surface area contributed by atoms with Crippen LogP contribution < -0.4 is 4.74 Å². The molecule has 0 N–H and O–H groups in total. The highest BCUT2D eigenvalue weighted by Crippen LogP contribution is 2.26. The minimum absolute atomic E-state index is 0.219. The molecule has 0 radical (unpaired) electrons. The van der Waals surface area contributed by atoms with E-state index in [-0.39, 0.29) is 12.4 Å². The molecule has 0 atom stereocenters. The lowest BCUT2D eigenvalue weighted by atomic mass is 10.1. The van der Waals surface area contributed by atoms with E-state index in [9.17, 15) is 14.5 Å². The Morgan fingerprint density at radius 1 is 1.24 bits per heavy atom. The molecule has 0 aliphatic rings. The molecule has 0 spiro atoms. The van der Waals surface area contributed by atoms with Crippen molar-refractivity contribution in [3.05, 3.63) is 67.9 Å². The van der Waals surface area contributed by atoms with Gasteiger partial charge in [-0.25, -0.2) is 0 Å². The van der Waals surface area contributed by atoms with Gasteiger partial charge in [-0.15, -0.1) is 0 Å². The van der Waals surface area contributed by atoms with Crippen LogP contribution in [-0.4, -0.2) is 11.5 Å². The molecule has 7 heteroatoms. The molecule has 0 saturated heterocycles. The molecule has 2 aromatic rings. The van der Waals surface area contributed by atoms with Gasteiger partial charge in [-0.05, 0) is 17.7 Å². The molecule has 0 fully saturated rings. The average molecular weight is 330 g/mol. The van der Waals surface area contributed by atoms with Gasteiger partial charge in [-0.1, -0.05) is 35.3 Å². The molecule has 21 heavy (non-hydrogen) atoms. The molecule has 110 valence electrons. The van der Waals surface area contributed by atoms with Crippen LogP contribution in [0.2, 0.25) is 10.0 Å². The Morgan fingerprint density at radius 2 is 2.00 bits per heavy atom. The predicted octanol–water partition coefficient (Wildman–Crippen LogP) is 4.66. The summed E-state index contributed by atoms with van der Waals surface area (Å²) in [7, 11) is 0. The molecule has 0 amide bonds.